The van der Waals surface area contributed by atoms with Crippen molar-refractivity contribution in [3.63, 3.8) is 0 Å². The Bertz CT molecular complexity index is 1280. The van der Waals surface area contributed by atoms with Crippen LogP contribution in [-0.2, 0) is 4.79 Å². The zero-order valence-electron chi connectivity index (χ0n) is 17.6. The summed E-state index contributed by atoms with van der Waals surface area (Å²) in [7, 11) is 0. The molecule has 5 heterocycles. The molecule has 9 nitrogen and oxygen atoms in total. The van der Waals surface area contributed by atoms with Gasteiger partial charge in [-0.1, -0.05) is 11.8 Å². The molecule has 1 amide bonds. The van der Waals surface area contributed by atoms with Crippen LogP contribution in [0.4, 0.5) is 0 Å². The monoisotopic (exact) mass is 460 g/mol. The van der Waals surface area contributed by atoms with E-state index in [0.29, 0.717) is 24.0 Å². The first-order valence-corrected chi connectivity index (χ1v) is 11.7. The lowest BCUT2D eigenvalue weighted by molar-refractivity contribution is -0.130. The molecule has 10 heteroatoms. The zero-order valence-corrected chi connectivity index (χ0v) is 18.4. The zero-order chi connectivity index (χ0) is 22.2. The highest BCUT2D eigenvalue weighted by atomic mass is 32.2. The Kier molecular flexibility index (Phi) is 5.06. The number of rotatable bonds is 7. The number of aromatic nitrogens is 4. The fraction of sp³-hybridized carbons (Fsp3) is 0.261. The minimum absolute atomic E-state index is 0.128. The number of pyridine rings is 1. The maximum atomic E-state index is 13.3. The van der Waals surface area contributed by atoms with Gasteiger partial charge in [-0.2, -0.15) is 5.10 Å². The largest absolute Gasteiger partial charge is 0.467 e. The summed E-state index contributed by atoms with van der Waals surface area (Å²) >= 11 is 1.38. The predicted octanol–water partition coefficient (Wildman–Crippen LogP) is 4.33. The van der Waals surface area contributed by atoms with E-state index in [1.54, 1.807) is 24.9 Å². The van der Waals surface area contributed by atoms with Crippen molar-refractivity contribution in [1.29, 1.82) is 0 Å². The molecular weight excluding hydrogens is 440 g/mol. The quantitative estimate of drug-likeness (QED) is 0.378. The van der Waals surface area contributed by atoms with Gasteiger partial charge in [-0.25, -0.2) is 5.01 Å². The summed E-state index contributed by atoms with van der Waals surface area (Å²) in [5.41, 5.74) is 1.64. The van der Waals surface area contributed by atoms with Gasteiger partial charge in [0.25, 0.3) is 5.91 Å². The smallest absolute Gasteiger partial charge is 0.253 e. The Hall–Kier alpha value is -3.66. The Balaban J connectivity index is 1.23. The highest BCUT2D eigenvalue weighted by Gasteiger charge is 2.36. The number of hydrogen-bond acceptors (Lipinski definition) is 8. The number of carbonyl (C=O) groups is 1. The fourth-order valence-corrected chi connectivity index (χ4v) is 4.81. The van der Waals surface area contributed by atoms with Gasteiger partial charge in [0.1, 0.15) is 23.3 Å². The van der Waals surface area contributed by atoms with Crippen LogP contribution in [0.15, 0.2) is 80.4 Å². The van der Waals surface area contributed by atoms with Crippen molar-refractivity contribution in [1.82, 2.24) is 24.8 Å². The van der Waals surface area contributed by atoms with E-state index in [4.69, 9.17) is 8.83 Å². The molecule has 0 unspecified atom stereocenters. The van der Waals surface area contributed by atoms with Crippen LogP contribution in [0.1, 0.15) is 42.9 Å². The van der Waals surface area contributed by atoms with Crippen molar-refractivity contribution in [2.75, 3.05) is 5.75 Å². The summed E-state index contributed by atoms with van der Waals surface area (Å²) < 4.78 is 13.2. The molecule has 1 aliphatic carbocycles. The topological polar surface area (TPSA) is 103 Å². The predicted molar refractivity (Wildman–Crippen MR) is 120 cm³/mol. The van der Waals surface area contributed by atoms with Gasteiger partial charge in [-0.3, -0.25) is 14.3 Å². The Morgan fingerprint density at radius 2 is 1.97 bits per heavy atom. The highest BCUT2D eigenvalue weighted by molar-refractivity contribution is 7.99. The molecule has 4 aromatic rings. The van der Waals surface area contributed by atoms with Gasteiger partial charge in [0, 0.05) is 30.4 Å². The summed E-state index contributed by atoms with van der Waals surface area (Å²) in [6, 6.07) is 11.2. The average Bonchev–Trinajstić information content (AvgIpc) is 3.34. The van der Waals surface area contributed by atoms with Gasteiger partial charge in [-0.05, 0) is 49.2 Å². The maximum absolute atomic E-state index is 13.3. The van der Waals surface area contributed by atoms with Gasteiger partial charge < -0.3 is 8.83 Å². The second-order valence-electron chi connectivity index (χ2n) is 7.94. The minimum Gasteiger partial charge on any atom is -0.467 e. The van der Waals surface area contributed by atoms with Crippen LogP contribution in [0.25, 0.3) is 11.4 Å². The number of hydrogen-bond donors (Lipinski definition) is 0. The molecule has 33 heavy (non-hydrogen) atoms. The number of nitrogens with zero attached hydrogens (tertiary/aromatic N) is 6. The molecule has 0 spiro atoms. The van der Waals surface area contributed by atoms with Gasteiger partial charge in [-0.15, -0.1) is 10.2 Å². The van der Waals surface area contributed by atoms with E-state index in [9.17, 15) is 4.79 Å². The highest BCUT2D eigenvalue weighted by Crippen LogP contribution is 2.41. The van der Waals surface area contributed by atoms with Crippen LogP contribution in [0.2, 0.25) is 0 Å². The molecule has 1 fully saturated rings. The third-order valence-electron chi connectivity index (χ3n) is 5.66. The molecule has 0 radical (unpaired) electrons. The molecule has 0 saturated heterocycles. The summed E-state index contributed by atoms with van der Waals surface area (Å²) in [5, 5.41) is 15.6. The van der Waals surface area contributed by atoms with Crippen molar-refractivity contribution >= 4 is 23.4 Å². The van der Waals surface area contributed by atoms with Crippen LogP contribution in [0.5, 0.6) is 0 Å². The Labute approximate surface area is 193 Å². The molecule has 1 aliphatic heterocycles. The molecule has 0 N–H and O–H groups in total. The third kappa shape index (κ3) is 3.86. The lowest BCUT2D eigenvalue weighted by atomic mass is 10.1. The number of carbonyl (C=O) groups excluding carboxylic acids is 1. The van der Waals surface area contributed by atoms with Crippen molar-refractivity contribution in [3.8, 4) is 11.4 Å². The van der Waals surface area contributed by atoms with E-state index in [-0.39, 0.29) is 17.7 Å². The summed E-state index contributed by atoms with van der Waals surface area (Å²) in [6.45, 7) is 0. The molecule has 1 atom stereocenters. The Morgan fingerprint density at radius 3 is 2.70 bits per heavy atom. The normalized spacial score (nSPS) is 18.0. The van der Waals surface area contributed by atoms with Crippen molar-refractivity contribution in [2.24, 2.45) is 5.10 Å². The molecule has 166 valence electrons. The van der Waals surface area contributed by atoms with E-state index in [1.807, 2.05) is 36.4 Å². The lowest BCUT2D eigenvalue weighted by Crippen LogP contribution is -2.28. The summed E-state index contributed by atoms with van der Waals surface area (Å²) in [6.07, 6.45) is 9.41. The SMILES string of the molecule is O=C(CSc1nnc(-c2cccnc2)n1C1CC1)N1N=C(c2ccco2)C[C@H]1c1ccco1. The third-order valence-corrected chi connectivity index (χ3v) is 6.59. The van der Waals surface area contributed by atoms with Crippen molar-refractivity contribution in [3.05, 3.63) is 72.8 Å². The van der Waals surface area contributed by atoms with Crippen LogP contribution in [0.3, 0.4) is 0 Å². The van der Waals surface area contributed by atoms with Crippen molar-refractivity contribution < 1.29 is 13.6 Å². The molecule has 0 aromatic carbocycles. The van der Waals surface area contributed by atoms with Crippen molar-refractivity contribution in [2.45, 2.75) is 36.5 Å². The number of hydrazone groups is 1. The first-order chi connectivity index (χ1) is 16.3. The second kappa shape index (κ2) is 8.36. The number of thioether (sulfide) groups is 1. The van der Waals surface area contributed by atoms with Crippen LogP contribution in [0, 0.1) is 0 Å². The van der Waals surface area contributed by atoms with Gasteiger partial charge >= 0.3 is 0 Å². The molecular formula is C23H20N6O3S. The summed E-state index contributed by atoms with van der Waals surface area (Å²) in [4.78, 5) is 17.5. The Morgan fingerprint density at radius 1 is 1.09 bits per heavy atom. The molecule has 2 aliphatic rings. The second-order valence-corrected chi connectivity index (χ2v) is 8.88. The van der Waals surface area contributed by atoms with Crippen LogP contribution >= 0.6 is 11.8 Å². The first kappa shape index (κ1) is 20.0. The van der Waals surface area contributed by atoms with E-state index >= 15 is 0 Å². The van der Waals surface area contributed by atoms with Gasteiger partial charge in [0.2, 0.25) is 0 Å². The van der Waals surface area contributed by atoms with Crippen LogP contribution in [-0.4, -0.2) is 42.1 Å². The van der Waals surface area contributed by atoms with Crippen LogP contribution < -0.4 is 0 Å². The van der Waals surface area contributed by atoms with E-state index in [2.05, 4.69) is 24.8 Å². The van der Waals surface area contributed by atoms with E-state index in [1.165, 1.54) is 16.8 Å². The maximum Gasteiger partial charge on any atom is 0.253 e. The average molecular weight is 461 g/mol. The van der Waals surface area contributed by atoms with E-state index < -0.39 is 0 Å². The molecule has 1 saturated carbocycles. The molecule has 6 rings (SSSR count). The lowest BCUT2D eigenvalue weighted by Gasteiger charge is -2.19. The fourth-order valence-electron chi connectivity index (χ4n) is 3.96. The van der Waals surface area contributed by atoms with E-state index in [0.717, 1.165) is 35.1 Å². The molecule has 4 aromatic heterocycles. The first-order valence-electron chi connectivity index (χ1n) is 10.7. The summed E-state index contributed by atoms with van der Waals surface area (Å²) in [5.74, 6) is 2.19. The molecule has 0 bridgehead atoms. The standard InChI is InChI=1S/C23H20N6O3S/c30-21(29-18(20-6-3-11-32-20)12-17(27-29)19-5-2-10-31-19)14-33-23-26-25-22(28(23)16-7-8-16)15-4-1-9-24-13-15/h1-6,9-11,13,16,18H,7-8,12,14H2/t18-/m0/s1. The number of amides is 1. The minimum atomic E-state index is -0.305. The van der Waals surface area contributed by atoms with Gasteiger partial charge in [0.05, 0.1) is 18.3 Å². The van der Waals surface area contributed by atoms with Gasteiger partial charge in [0.15, 0.2) is 11.0 Å². The number of furan rings is 2.